The Labute approximate surface area is 197 Å². The Kier molecular flexibility index (Phi) is 4.52. The monoisotopic (exact) mass is 509 g/mol. The largest absolute Gasteiger partial charge is 0.330 e. The highest BCUT2D eigenvalue weighted by Gasteiger charge is 2.49. The first-order chi connectivity index (χ1) is 15.1. The van der Waals surface area contributed by atoms with Gasteiger partial charge >= 0.3 is 0 Å². The van der Waals surface area contributed by atoms with Crippen molar-refractivity contribution < 1.29 is 0 Å². The van der Waals surface area contributed by atoms with Crippen molar-refractivity contribution >= 4 is 49.4 Å². The summed E-state index contributed by atoms with van der Waals surface area (Å²) in [6.45, 7) is 2.14. The molecule has 31 heavy (non-hydrogen) atoms. The first-order valence-electron chi connectivity index (χ1n) is 10.4. The second kappa shape index (κ2) is 7.18. The van der Waals surface area contributed by atoms with Crippen molar-refractivity contribution in [1.82, 2.24) is 20.4 Å². The Hall–Kier alpha value is -2.16. The van der Waals surface area contributed by atoms with Crippen molar-refractivity contribution in [1.29, 1.82) is 0 Å². The maximum absolute atomic E-state index is 4.55. The minimum absolute atomic E-state index is 0.0459. The van der Waals surface area contributed by atoms with E-state index in [2.05, 4.69) is 97.1 Å². The van der Waals surface area contributed by atoms with Gasteiger partial charge in [0.1, 0.15) is 10.0 Å². The lowest BCUT2D eigenvalue weighted by atomic mass is 9.95. The van der Waals surface area contributed by atoms with Gasteiger partial charge in [-0.15, -0.1) is 20.4 Å². The number of anilines is 2. The number of benzene rings is 2. The molecular formula is C23H20BrN5S2. The van der Waals surface area contributed by atoms with Crippen LogP contribution in [0.5, 0.6) is 0 Å². The molecule has 8 heteroatoms. The minimum Gasteiger partial charge on any atom is -0.330 e. The fourth-order valence-electron chi connectivity index (χ4n) is 4.31. The number of nitrogens with one attached hydrogen (secondary N) is 1. The zero-order valence-corrected chi connectivity index (χ0v) is 20.1. The highest BCUT2D eigenvalue weighted by molar-refractivity contribution is 9.11. The Bertz CT molecular complexity index is 1250. The molecule has 2 saturated carbocycles. The van der Waals surface area contributed by atoms with E-state index in [1.54, 1.807) is 22.7 Å². The van der Waals surface area contributed by atoms with Crippen LogP contribution in [0.1, 0.15) is 52.4 Å². The highest BCUT2D eigenvalue weighted by Crippen LogP contribution is 2.55. The maximum Gasteiger partial charge on any atom is 0.210 e. The average Bonchev–Trinajstić information content (AvgIpc) is 3.67. The molecule has 2 aliphatic carbocycles. The second-order valence-corrected chi connectivity index (χ2v) is 11.7. The molecule has 0 amide bonds. The number of nitrogens with zero attached hydrogens (tertiary/aromatic N) is 4. The van der Waals surface area contributed by atoms with E-state index >= 15 is 0 Å². The predicted octanol–water partition coefficient (Wildman–Crippen LogP) is 6.36. The third kappa shape index (κ3) is 3.41. The molecule has 2 aromatic heterocycles. The lowest BCUT2D eigenvalue weighted by Gasteiger charge is -2.13. The number of rotatable bonds is 6. The molecule has 0 aliphatic heterocycles. The highest BCUT2D eigenvalue weighted by atomic mass is 79.9. The van der Waals surface area contributed by atoms with Gasteiger partial charge in [0.25, 0.3) is 0 Å². The molecular weight excluding hydrogens is 490 g/mol. The van der Waals surface area contributed by atoms with E-state index < -0.39 is 0 Å². The van der Waals surface area contributed by atoms with Gasteiger partial charge in [0.15, 0.2) is 3.92 Å². The van der Waals surface area contributed by atoms with Crippen LogP contribution in [-0.2, 0) is 10.8 Å². The summed E-state index contributed by atoms with van der Waals surface area (Å²) in [6.07, 6.45) is 4.54. The van der Waals surface area contributed by atoms with Gasteiger partial charge in [-0.1, -0.05) is 64.6 Å². The Morgan fingerprint density at radius 1 is 0.806 bits per heavy atom. The van der Waals surface area contributed by atoms with Crippen molar-refractivity contribution in [2.75, 3.05) is 5.32 Å². The van der Waals surface area contributed by atoms with Crippen LogP contribution >= 0.6 is 38.6 Å². The summed E-state index contributed by atoms with van der Waals surface area (Å²) in [5.41, 5.74) is 5.09. The lowest BCUT2D eigenvalue weighted by molar-refractivity contribution is 0.805. The number of aromatic nitrogens is 4. The van der Waals surface area contributed by atoms with Crippen molar-refractivity contribution in [3.05, 3.63) is 79.2 Å². The fourth-order valence-corrected chi connectivity index (χ4v) is 6.72. The number of hydrogen-bond acceptors (Lipinski definition) is 7. The van der Waals surface area contributed by atoms with Crippen LogP contribution in [0.4, 0.5) is 10.8 Å². The summed E-state index contributed by atoms with van der Waals surface area (Å²) in [6, 6.07) is 17.4. The lowest BCUT2D eigenvalue weighted by Crippen LogP contribution is -2.08. The second-order valence-electron chi connectivity index (χ2n) is 8.51. The van der Waals surface area contributed by atoms with Crippen LogP contribution in [0.3, 0.4) is 0 Å². The van der Waals surface area contributed by atoms with Gasteiger partial charge in [-0.2, -0.15) is 0 Å². The van der Waals surface area contributed by atoms with Crippen molar-refractivity contribution in [3.8, 4) is 0 Å². The standard InChI is InChI=1S/C23H20BrN5S2/c1-14-3-2-4-16(13-14)23(11-12-23)19-27-29-21(31-19)25-17-7-5-15(6-8-17)22(9-10-22)18-26-28-20(24)30-18/h2-8,13H,9-12H2,1H3,(H,25,29). The molecule has 4 aromatic rings. The van der Waals surface area contributed by atoms with Gasteiger partial charge in [0, 0.05) is 16.5 Å². The van der Waals surface area contributed by atoms with Gasteiger partial charge < -0.3 is 5.32 Å². The van der Waals surface area contributed by atoms with E-state index in [0.717, 1.165) is 50.4 Å². The normalized spacial score (nSPS) is 18.0. The summed E-state index contributed by atoms with van der Waals surface area (Å²) in [7, 11) is 0. The molecule has 0 radical (unpaired) electrons. The Morgan fingerprint density at radius 2 is 1.48 bits per heavy atom. The zero-order valence-electron chi connectivity index (χ0n) is 16.9. The van der Waals surface area contributed by atoms with E-state index in [9.17, 15) is 0 Å². The van der Waals surface area contributed by atoms with Gasteiger partial charge in [-0.05, 0) is 71.8 Å². The SMILES string of the molecule is Cc1cccc(C2(c3nnc(Nc4ccc(C5(c6nnc(Br)s6)CC5)cc4)s3)CC2)c1. The molecule has 0 saturated heterocycles. The third-order valence-electron chi connectivity index (χ3n) is 6.40. The van der Waals surface area contributed by atoms with Gasteiger partial charge in [0.05, 0.1) is 0 Å². The molecule has 6 rings (SSSR count). The molecule has 2 fully saturated rings. The van der Waals surface area contributed by atoms with E-state index in [-0.39, 0.29) is 10.8 Å². The van der Waals surface area contributed by atoms with Crippen LogP contribution in [0.15, 0.2) is 52.4 Å². The van der Waals surface area contributed by atoms with Crippen molar-refractivity contribution in [2.45, 2.75) is 43.4 Å². The maximum atomic E-state index is 4.55. The third-order valence-corrected chi connectivity index (χ3v) is 9.01. The molecule has 2 heterocycles. The number of halogens is 1. The summed E-state index contributed by atoms with van der Waals surface area (Å²) in [4.78, 5) is 0. The first kappa shape index (κ1) is 19.5. The van der Waals surface area contributed by atoms with Crippen LogP contribution < -0.4 is 5.32 Å². The van der Waals surface area contributed by atoms with E-state index in [1.165, 1.54) is 16.7 Å². The summed E-state index contributed by atoms with van der Waals surface area (Å²) in [5.74, 6) is 0. The van der Waals surface area contributed by atoms with Crippen LogP contribution in [0.2, 0.25) is 0 Å². The van der Waals surface area contributed by atoms with Crippen LogP contribution in [0, 0.1) is 6.92 Å². The predicted molar refractivity (Wildman–Crippen MR) is 128 cm³/mol. The minimum atomic E-state index is 0.0459. The van der Waals surface area contributed by atoms with E-state index in [1.807, 2.05) is 0 Å². The molecule has 0 atom stereocenters. The van der Waals surface area contributed by atoms with Crippen molar-refractivity contribution in [3.63, 3.8) is 0 Å². The van der Waals surface area contributed by atoms with E-state index in [0.29, 0.717) is 0 Å². The van der Waals surface area contributed by atoms with Gasteiger partial charge in [-0.3, -0.25) is 0 Å². The summed E-state index contributed by atoms with van der Waals surface area (Å²) >= 11 is 6.73. The van der Waals surface area contributed by atoms with Crippen LogP contribution in [-0.4, -0.2) is 20.4 Å². The molecule has 2 aromatic carbocycles. The van der Waals surface area contributed by atoms with E-state index in [4.69, 9.17) is 0 Å². The molecule has 5 nitrogen and oxygen atoms in total. The van der Waals surface area contributed by atoms with Gasteiger partial charge in [0.2, 0.25) is 5.13 Å². The fraction of sp³-hybridized carbons (Fsp3) is 0.304. The summed E-state index contributed by atoms with van der Waals surface area (Å²) in [5, 5.41) is 24.0. The Balaban J connectivity index is 1.20. The smallest absolute Gasteiger partial charge is 0.210 e. The molecule has 0 unspecified atom stereocenters. The quantitative estimate of drug-likeness (QED) is 0.327. The van der Waals surface area contributed by atoms with Crippen molar-refractivity contribution in [2.24, 2.45) is 0 Å². The first-order valence-corrected chi connectivity index (χ1v) is 12.8. The molecule has 0 bridgehead atoms. The topological polar surface area (TPSA) is 63.6 Å². The van der Waals surface area contributed by atoms with Gasteiger partial charge in [-0.25, -0.2) is 0 Å². The summed E-state index contributed by atoms with van der Waals surface area (Å²) < 4.78 is 0.846. The zero-order chi connectivity index (χ0) is 21.1. The molecule has 1 N–H and O–H groups in total. The number of hydrogen-bond donors (Lipinski definition) is 1. The number of aryl methyl sites for hydroxylation is 1. The molecule has 156 valence electrons. The molecule has 2 aliphatic rings. The Morgan fingerprint density at radius 3 is 2.13 bits per heavy atom. The molecule has 0 spiro atoms. The average molecular weight is 510 g/mol. The van der Waals surface area contributed by atoms with Crippen LogP contribution in [0.25, 0.3) is 0 Å².